The van der Waals surface area contributed by atoms with Gasteiger partial charge in [-0.05, 0) is 42.0 Å². The maximum Gasteiger partial charge on any atom is 0.185 e. The van der Waals surface area contributed by atoms with Crippen LogP contribution in [0, 0.1) is 11.6 Å². The van der Waals surface area contributed by atoms with E-state index in [-0.39, 0.29) is 22.1 Å². The van der Waals surface area contributed by atoms with Gasteiger partial charge in [0.1, 0.15) is 5.82 Å². The highest BCUT2D eigenvalue weighted by atomic mass is 35.5. The summed E-state index contributed by atoms with van der Waals surface area (Å²) in [6.07, 6.45) is 2.73. The Labute approximate surface area is 125 Å². The van der Waals surface area contributed by atoms with Gasteiger partial charge < -0.3 is 4.74 Å². The predicted octanol–water partition coefficient (Wildman–Crippen LogP) is 4.52. The van der Waals surface area contributed by atoms with E-state index >= 15 is 0 Å². The van der Waals surface area contributed by atoms with Crippen LogP contribution in [0.2, 0.25) is 5.02 Å². The van der Waals surface area contributed by atoms with E-state index in [1.54, 1.807) is 6.07 Å². The minimum absolute atomic E-state index is 0.121. The molecular formula is C16H11ClF2O2. The second kappa shape index (κ2) is 6.50. The Kier molecular flexibility index (Phi) is 4.70. The summed E-state index contributed by atoms with van der Waals surface area (Å²) >= 11 is 5.61. The lowest BCUT2D eigenvalue weighted by molar-refractivity contribution is 0.104. The van der Waals surface area contributed by atoms with Crippen LogP contribution in [0.3, 0.4) is 0 Å². The Morgan fingerprint density at radius 2 is 1.90 bits per heavy atom. The molecule has 5 heteroatoms. The molecule has 2 aromatic carbocycles. The number of allylic oxidation sites excluding steroid dienone is 1. The summed E-state index contributed by atoms with van der Waals surface area (Å²) in [6.45, 7) is 0. The summed E-state index contributed by atoms with van der Waals surface area (Å²) in [7, 11) is 1.37. The number of hydrogen-bond donors (Lipinski definition) is 0. The maximum atomic E-state index is 13.5. The van der Waals surface area contributed by atoms with Crippen LogP contribution in [-0.2, 0) is 0 Å². The highest BCUT2D eigenvalue weighted by Gasteiger charge is 2.06. The number of hydrogen-bond acceptors (Lipinski definition) is 2. The fourth-order valence-electron chi connectivity index (χ4n) is 1.70. The molecule has 0 saturated carbocycles. The first-order chi connectivity index (χ1) is 10.0. The van der Waals surface area contributed by atoms with Crippen molar-refractivity contribution in [3.05, 3.63) is 70.3 Å². The van der Waals surface area contributed by atoms with Gasteiger partial charge in [-0.1, -0.05) is 23.7 Å². The van der Waals surface area contributed by atoms with Gasteiger partial charge in [-0.3, -0.25) is 4.79 Å². The summed E-state index contributed by atoms with van der Waals surface area (Å²) in [6, 6.07) is 8.04. The molecule has 0 aromatic heterocycles. The standard InChI is InChI=1S/C16H11ClF2O2/c1-21-16-7-3-10(8-14(16)19)2-6-15(20)11-4-5-13(18)12(17)9-11/h2-9H,1H3. The second-order valence-corrected chi connectivity index (χ2v) is 4.63. The molecule has 0 atom stereocenters. The van der Waals surface area contributed by atoms with Crippen molar-refractivity contribution in [1.29, 1.82) is 0 Å². The van der Waals surface area contributed by atoms with E-state index in [9.17, 15) is 13.6 Å². The summed E-state index contributed by atoms with van der Waals surface area (Å²) in [5.41, 5.74) is 0.765. The molecule has 0 N–H and O–H groups in total. The van der Waals surface area contributed by atoms with Crippen molar-refractivity contribution in [3.8, 4) is 5.75 Å². The monoisotopic (exact) mass is 308 g/mol. The zero-order chi connectivity index (χ0) is 15.4. The molecule has 0 aliphatic rings. The van der Waals surface area contributed by atoms with E-state index in [0.29, 0.717) is 5.56 Å². The molecule has 108 valence electrons. The number of ketones is 1. The molecule has 21 heavy (non-hydrogen) atoms. The molecule has 0 heterocycles. The van der Waals surface area contributed by atoms with Crippen LogP contribution in [0.1, 0.15) is 15.9 Å². The Morgan fingerprint density at radius 1 is 1.14 bits per heavy atom. The third kappa shape index (κ3) is 3.67. The van der Waals surface area contributed by atoms with Gasteiger partial charge in [-0.2, -0.15) is 0 Å². The van der Waals surface area contributed by atoms with Crippen molar-refractivity contribution < 1.29 is 18.3 Å². The molecule has 0 aliphatic heterocycles. The minimum Gasteiger partial charge on any atom is -0.494 e. The Bertz CT molecular complexity index is 711. The SMILES string of the molecule is COc1ccc(C=CC(=O)c2ccc(F)c(Cl)c2)cc1F. The average molecular weight is 309 g/mol. The van der Waals surface area contributed by atoms with Crippen molar-refractivity contribution in [2.75, 3.05) is 7.11 Å². The van der Waals surface area contributed by atoms with Crippen molar-refractivity contribution >= 4 is 23.5 Å². The first kappa shape index (κ1) is 15.2. The fourth-order valence-corrected chi connectivity index (χ4v) is 1.88. The van der Waals surface area contributed by atoms with Crippen molar-refractivity contribution in [3.63, 3.8) is 0 Å². The van der Waals surface area contributed by atoms with Crippen molar-refractivity contribution in [1.82, 2.24) is 0 Å². The normalized spacial score (nSPS) is 10.9. The van der Waals surface area contributed by atoms with Crippen LogP contribution < -0.4 is 4.74 Å². The Morgan fingerprint density at radius 3 is 2.52 bits per heavy atom. The zero-order valence-corrected chi connectivity index (χ0v) is 11.8. The van der Waals surface area contributed by atoms with Crippen LogP contribution in [0.5, 0.6) is 5.75 Å². The fraction of sp³-hybridized carbons (Fsp3) is 0.0625. The molecule has 0 amide bonds. The van der Waals surface area contributed by atoms with Crippen molar-refractivity contribution in [2.45, 2.75) is 0 Å². The average Bonchev–Trinajstić information content (AvgIpc) is 2.47. The predicted molar refractivity (Wildman–Crippen MR) is 77.7 cm³/mol. The van der Waals surface area contributed by atoms with Crippen LogP contribution in [0.4, 0.5) is 8.78 Å². The molecule has 0 spiro atoms. The smallest absolute Gasteiger partial charge is 0.185 e. The summed E-state index contributed by atoms with van der Waals surface area (Å²) in [5, 5.41) is -0.121. The minimum atomic E-state index is -0.588. The topological polar surface area (TPSA) is 26.3 Å². The molecule has 2 aromatic rings. The van der Waals surface area contributed by atoms with Crippen LogP contribution >= 0.6 is 11.6 Å². The van der Waals surface area contributed by atoms with Gasteiger partial charge in [0.25, 0.3) is 0 Å². The Hall–Kier alpha value is -2.20. The number of methoxy groups -OCH3 is 1. The molecule has 0 saturated heterocycles. The molecule has 0 unspecified atom stereocenters. The molecular weight excluding hydrogens is 298 g/mol. The molecule has 0 fully saturated rings. The third-order valence-electron chi connectivity index (χ3n) is 2.81. The van der Waals surface area contributed by atoms with E-state index in [1.165, 1.54) is 43.5 Å². The lowest BCUT2D eigenvalue weighted by Gasteiger charge is -2.02. The summed E-state index contributed by atoms with van der Waals surface area (Å²) in [4.78, 5) is 11.9. The highest BCUT2D eigenvalue weighted by Crippen LogP contribution is 2.19. The van der Waals surface area contributed by atoms with E-state index < -0.39 is 11.6 Å². The number of carbonyl (C=O) groups is 1. The van der Waals surface area contributed by atoms with Gasteiger partial charge in [-0.25, -0.2) is 8.78 Å². The van der Waals surface area contributed by atoms with Crippen LogP contribution in [0.25, 0.3) is 6.08 Å². The molecule has 0 aliphatic carbocycles. The van der Waals surface area contributed by atoms with E-state index in [2.05, 4.69) is 0 Å². The van der Waals surface area contributed by atoms with Gasteiger partial charge in [0, 0.05) is 5.56 Å². The first-order valence-corrected chi connectivity index (χ1v) is 6.40. The second-order valence-electron chi connectivity index (χ2n) is 4.22. The van der Waals surface area contributed by atoms with Crippen LogP contribution in [0.15, 0.2) is 42.5 Å². The highest BCUT2D eigenvalue weighted by molar-refractivity contribution is 6.31. The zero-order valence-electron chi connectivity index (χ0n) is 11.1. The Balaban J connectivity index is 2.18. The number of benzene rings is 2. The lowest BCUT2D eigenvalue weighted by Crippen LogP contribution is -1.95. The number of halogens is 3. The molecule has 2 rings (SSSR count). The number of carbonyl (C=O) groups excluding carboxylic acids is 1. The van der Waals surface area contributed by atoms with E-state index in [1.807, 2.05) is 0 Å². The van der Waals surface area contributed by atoms with Gasteiger partial charge >= 0.3 is 0 Å². The first-order valence-electron chi connectivity index (χ1n) is 6.02. The number of rotatable bonds is 4. The molecule has 0 bridgehead atoms. The van der Waals surface area contributed by atoms with Gasteiger partial charge in [-0.15, -0.1) is 0 Å². The quantitative estimate of drug-likeness (QED) is 0.613. The third-order valence-corrected chi connectivity index (χ3v) is 3.10. The van der Waals surface area contributed by atoms with Crippen LogP contribution in [-0.4, -0.2) is 12.9 Å². The summed E-state index contributed by atoms with van der Waals surface area (Å²) in [5.74, 6) is -1.33. The molecule has 0 radical (unpaired) electrons. The van der Waals surface area contributed by atoms with E-state index in [0.717, 1.165) is 6.07 Å². The van der Waals surface area contributed by atoms with E-state index in [4.69, 9.17) is 16.3 Å². The van der Waals surface area contributed by atoms with Gasteiger partial charge in [0.05, 0.1) is 12.1 Å². The van der Waals surface area contributed by atoms with Gasteiger partial charge in [0.15, 0.2) is 17.3 Å². The largest absolute Gasteiger partial charge is 0.494 e. The van der Waals surface area contributed by atoms with Crippen molar-refractivity contribution in [2.24, 2.45) is 0 Å². The summed E-state index contributed by atoms with van der Waals surface area (Å²) < 4.78 is 31.3. The number of ether oxygens (including phenoxy) is 1. The lowest BCUT2D eigenvalue weighted by atomic mass is 10.1. The molecule has 2 nitrogen and oxygen atoms in total. The van der Waals surface area contributed by atoms with Gasteiger partial charge in [0.2, 0.25) is 0 Å². The maximum absolute atomic E-state index is 13.5.